The highest BCUT2D eigenvalue weighted by atomic mass is 32.2. The van der Waals surface area contributed by atoms with Crippen LogP contribution in [0.25, 0.3) is 0 Å². The molecule has 1 amide bonds. The molecule has 4 rings (SSSR count). The van der Waals surface area contributed by atoms with Crippen molar-refractivity contribution in [3.8, 4) is 0 Å². The monoisotopic (exact) mass is 541 g/mol. The third kappa shape index (κ3) is 5.90. The van der Waals surface area contributed by atoms with Gasteiger partial charge in [-0.25, -0.2) is 13.4 Å². The van der Waals surface area contributed by atoms with Gasteiger partial charge in [0.15, 0.2) is 5.13 Å². The van der Waals surface area contributed by atoms with Gasteiger partial charge in [0.05, 0.1) is 28.3 Å². The van der Waals surface area contributed by atoms with Crippen molar-refractivity contribution in [2.75, 3.05) is 11.3 Å². The second-order valence-corrected chi connectivity index (χ2v) is 11.4. The zero-order valence-electron chi connectivity index (χ0n) is 18.2. The van der Waals surface area contributed by atoms with Gasteiger partial charge < -0.3 is 4.90 Å². The van der Waals surface area contributed by atoms with Crippen LogP contribution >= 0.6 is 11.3 Å². The van der Waals surface area contributed by atoms with Gasteiger partial charge in [-0.05, 0) is 37.0 Å². The van der Waals surface area contributed by atoms with Crippen LogP contribution in [0.15, 0.2) is 23.1 Å². The fourth-order valence-electron chi connectivity index (χ4n) is 4.30. The summed E-state index contributed by atoms with van der Waals surface area (Å²) in [5.41, 5.74) is -2.93. The number of hydrogen-bond donors (Lipinski definition) is 1. The van der Waals surface area contributed by atoms with Gasteiger partial charge in [0.2, 0.25) is 5.91 Å². The van der Waals surface area contributed by atoms with Crippen LogP contribution in [0, 0.1) is 5.92 Å². The molecule has 0 saturated heterocycles. The summed E-state index contributed by atoms with van der Waals surface area (Å²) in [6.45, 7) is 0.624. The molecular formula is C21H21F6N3O3S2. The van der Waals surface area contributed by atoms with Crippen LogP contribution in [0.2, 0.25) is 0 Å². The van der Waals surface area contributed by atoms with Crippen LogP contribution < -0.4 is 4.72 Å². The van der Waals surface area contributed by atoms with Crippen LogP contribution in [-0.4, -0.2) is 30.8 Å². The van der Waals surface area contributed by atoms with E-state index in [1.807, 2.05) is 4.72 Å². The maximum Gasteiger partial charge on any atom is 0.416 e. The molecule has 6 nitrogen and oxygen atoms in total. The summed E-state index contributed by atoms with van der Waals surface area (Å²) in [6.07, 6.45) is -5.30. The van der Waals surface area contributed by atoms with E-state index < -0.39 is 38.4 Å². The Morgan fingerprint density at radius 1 is 1.06 bits per heavy atom. The molecule has 0 bridgehead atoms. The topological polar surface area (TPSA) is 79.4 Å². The van der Waals surface area contributed by atoms with E-state index >= 15 is 0 Å². The second-order valence-electron chi connectivity index (χ2n) is 8.66. The first-order valence-corrected chi connectivity index (χ1v) is 13.1. The minimum absolute atomic E-state index is 0.00160. The van der Waals surface area contributed by atoms with Crippen molar-refractivity contribution in [3.05, 3.63) is 39.9 Å². The summed E-state index contributed by atoms with van der Waals surface area (Å²) in [5, 5.41) is -0.189. The van der Waals surface area contributed by atoms with Crippen molar-refractivity contribution in [2.24, 2.45) is 5.92 Å². The number of amides is 1. The Kier molecular flexibility index (Phi) is 6.81. The first kappa shape index (κ1) is 25.7. The second kappa shape index (κ2) is 9.26. The lowest BCUT2D eigenvalue weighted by molar-refractivity contribution is -0.143. The molecule has 1 fully saturated rings. The van der Waals surface area contributed by atoms with Crippen LogP contribution in [0.3, 0.4) is 0 Å². The van der Waals surface area contributed by atoms with E-state index in [2.05, 4.69) is 4.98 Å². The van der Waals surface area contributed by atoms with Gasteiger partial charge in [0, 0.05) is 24.3 Å². The zero-order valence-corrected chi connectivity index (χ0v) is 19.8. The standard InChI is InChI=1S/C21H21F6N3O3S2/c22-20(23,24)13-8-14(21(25,26)27)10-15(9-13)35(32,33)29-19-28-16-5-6-30(11-17(16)34-19)18(31)7-12-3-1-2-4-12/h8-10,12H,1-7,11H2,(H,28,29). The fourth-order valence-corrected chi connectivity index (χ4v) is 6.63. The Hall–Kier alpha value is -2.35. The van der Waals surface area contributed by atoms with Crippen molar-refractivity contribution in [1.82, 2.24) is 9.88 Å². The van der Waals surface area contributed by atoms with E-state index in [9.17, 15) is 39.6 Å². The Labute approximate surface area is 201 Å². The van der Waals surface area contributed by atoms with E-state index in [1.165, 1.54) is 0 Å². The highest BCUT2D eigenvalue weighted by Gasteiger charge is 2.38. The van der Waals surface area contributed by atoms with E-state index in [1.54, 1.807) is 4.90 Å². The first-order valence-electron chi connectivity index (χ1n) is 10.8. The molecule has 1 aromatic heterocycles. The highest BCUT2D eigenvalue weighted by molar-refractivity contribution is 7.93. The number of carbonyl (C=O) groups is 1. The average Bonchev–Trinajstić information content (AvgIpc) is 3.40. The number of fused-ring (bicyclic) bond motifs is 1. The van der Waals surface area contributed by atoms with Gasteiger partial charge in [-0.1, -0.05) is 24.2 Å². The summed E-state index contributed by atoms with van der Waals surface area (Å²) in [7, 11) is -4.81. The number of sulfonamides is 1. The lowest BCUT2D eigenvalue weighted by Crippen LogP contribution is -2.36. The van der Waals surface area contributed by atoms with Crippen molar-refractivity contribution >= 4 is 32.4 Å². The van der Waals surface area contributed by atoms with Crippen LogP contribution in [0.1, 0.15) is 53.8 Å². The normalized spacial score (nSPS) is 17.5. The third-order valence-corrected chi connectivity index (χ3v) is 8.56. The van der Waals surface area contributed by atoms with Crippen LogP contribution in [0.4, 0.5) is 31.5 Å². The van der Waals surface area contributed by atoms with Crippen LogP contribution in [0.5, 0.6) is 0 Å². The number of rotatable bonds is 5. The molecule has 2 aromatic rings. The Balaban J connectivity index is 1.53. The molecule has 1 aromatic carbocycles. The summed E-state index contributed by atoms with van der Waals surface area (Å²) in [4.78, 5) is 17.9. The largest absolute Gasteiger partial charge is 0.416 e. The van der Waals surface area contributed by atoms with Gasteiger partial charge in [-0.3, -0.25) is 9.52 Å². The summed E-state index contributed by atoms with van der Waals surface area (Å²) < 4.78 is 106. The molecule has 1 aliphatic carbocycles. The van der Waals surface area contributed by atoms with E-state index in [0.717, 1.165) is 37.0 Å². The molecule has 0 radical (unpaired) electrons. The smallest absolute Gasteiger partial charge is 0.337 e. The van der Waals surface area contributed by atoms with Gasteiger partial charge in [0.1, 0.15) is 0 Å². The SMILES string of the molecule is O=C(CC1CCCC1)N1CCc2nc(NS(=O)(=O)c3cc(C(F)(F)F)cc(C(F)(F)F)c3)sc2C1. The number of nitrogens with zero attached hydrogens (tertiary/aromatic N) is 2. The number of halogens is 6. The predicted octanol–water partition coefficient (Wildman–Crippen LogP) is 5.45. The predicted molar refractivity (Wildman–Crippen MR) is 115 cm³/mol. The number of anilines is 1. The van der Waals surface area contributed by atoms with Gasteiger partial charge in [-0.2, -0.15) is 26.3 Å². The summed E-state index contributed by atoms with van der Waals surface area (Å²) in [6, 6.07) is 0.154. The summed E-state index contributed by atoms with van der Waals surface area (Å²) in [5.74, 6) is 0.364. The Morgan fingerprint density at radius 3 is 2.23 bits per heavy atom. The molecule has 14 heteroatoms. The number of alkyl halides is 6. The molecule has 192 valence electrons. The minimum atomic E-state index is -5.18. The minimum Gasteiger partial charge on any atom is -0.337 e. The molecule has 0 spiro atoms. The number of carbonyl (C=O) groups excluding carboxylic acids is 1. The van der Waals surface area contributed by atoms with Gasteiger partial charge in [0.25, 0.3) is 10.0 Å². The molecular weight excluding hydrogens is 520 g/mol. The summed E-state index contributed by atoms with van der Waals surface area (Å²) >= 11 is 0.901. The lowest BCUT2D eigenvalue weighted by atomic mass is 10.0. The number of aromatic nitrogens is 1. The molecule has 1 saturated carbocycles. The molecule has 1 N–H and O–H groups in total. The van der Waals surface area contributed by atoms with Crippen molar-refractivity contribution in [3.63, 3.8) is 0 Å². The van der Waals surface area contributed by atoms with Crippen LogP contribution in [-0.2, 0) is 40.1 Å². The number of hydrogen-bond acceptors (Lipinski definition) is 5. The number of nitrogens with one attached hydrogen (secondary N) is 1. The molecule has 1 aliphatic heterocycles. The van der Waals surface area contributed by atoms with Crippen molar-refractivity contribution in [1.29, 1.82) is 0 Å². The Morgan fingerprint density at radius 2 is 1.66 bits per heavy atom. The van der Waals surface area contributed by atoms with E-state index in [0.29, 0.717) is 35.9 Å². The molecule has 0 atom stereocenters. The maximum atomic E-state index is 13.1. The first-order chi connectivity index (χ1) is 16.2. The van der Waals surface area contributed by atoms with E-state index in [-0.39, 0.29) is 35.8 Å². The molecule has 2 heterocycles. The number of thiazole rings is 1. The molecule has 0 unspecified atom stereocenters. The van der Waals surface area contributed by atoms with Gasteiger partial charge in [-0.15, -0.1) is 0 Å². The van der Waals surface area contributed by atoms with Gasteiger partial charge >= 0.3 is 12.4 Å². The van der Waals surface area contributed by atoms with E-state index in [4.69, 9.17) is 0 Å². The zero-order chi connectivity index (χ0) is 25.6. The maximum absolute atomic E-state index is 13.1. The quantitative estimate of drug-likeness (QED) is 0.511. The average molecular weight is 542 g/mol. The third-order valence-electron chi connectivity index (χ3n) is 6.12. The highest BCUT2D eigenvalue weighted by Crippen LogP contribution is 2.38. The number of benzene rings is 1. The fraction of sp³-hybridized carbons (Fsp3) is 0.524. The van der Waals surface area contributed by atoms with Crippen molar-refractivity contribution < 1.29 is 39.6 Å². The molecule has 35 heavy (non-hydrogen) atoms. The molecule has 2 aliphatic rings. The van der Waals surface area contributed by atoms with Crippen molar-refractivity contribution in [2.45, 2.75) is 62.3 Å². The lowest BCUT2D eigenvalue weighted by Gasteiger charge is -2.27. The Bertz CT molecular complexity index is 1190.